The summed E-state index contributed by atoms with van der Waals surface area (Å²) in [5, 5.41) is 1.93. The minimum Gasteiger partial charge on any atom is -0.341 e. The predicted molar refractivity (Wildman–Crippen MR) is 117 cm³/mol. The predicted octanol–water partition coefficient (Wildman–Crippen LogP) is 4.42. The maximum Gasteiger partial charge on any atom is 0.227 e. The molecule has 0 N–H and O–H groups in total. The van der Waals surface area contributed by atoms with Crippen molar-refractivity contribution in [1.29, 1.82) is 0 Å². The second-order valence-corrected chi connectivity index (χ2v) is 10.1. The number of nitrogens with zero attached hydrogens (tertiary/aromatic N) is 1. The highest BCUT2D eigenvalue weighted by Gasteiger charge is 2.33. The van der Waals surface area contributed by atoms with E-state index in [0.717, 1.165) is 16.3 Å². The van der Waals surface area contributed by atoms with Crippen LogP contribution in [-0.2, 0) is 21.1 Å². The molecule has 0 saturated carbocycles. The highest BCUT2D eigenvalue weighted by molar-refractivity contribution is 7.91. The Bertz CT molecular complexity index is 1150. The lowest BCUT2D eigenvalue weighted by molar-refractivity contribution is -0.130. The number of rotatable bonds is 3. The lowest BCUT2D eigenvalue weighted by Gasteiger charge is -2.20. The van der Waals surface area contributed by atoms with E-state index < -0.39 is 15.1 Å². The highest BCUT2D eigenvalue weighted by atomic mass is 35.5. The summed E-state index contributed by atoms with van der Waals surface area (Å²) in [5.74, 6) is -0.0965. The van der Waals surface area contributed by atoms with Crippen molar-refractivity contribution in [3.8, 4) is 0 Å². The van der Waals surface area contributed by atoms with Crippen molar-refractivity contribution < 1.29 is 13.2 Å². The number of halogens is 1. The Morgan fingerprint density at radius 2 is 1.69 bits per heavy atom. The lowest BCUT2D eigenvalue weighted by atomic mass is 10.0. The molecule has 1 saturated heterocycles. The van der Waals surface area contributed by atoms with Crippen LogP contribution in [0.15, 0.2) is 66.7 Å². The fourth-order valence-electron chi connectivity index (χ4n) is 4.00. The van der Waals surface area contributed by atoms with Crippen molar-refractivity contribution in [2.75, 3.05) is 18.8 Å². The smallest absolute Gasteiger partial charge is 0.227 e. The number of carbonyl (C=O) groups excluding carboxylic acids is 1. The molecule has 6 heteroatoms. The SMILES string of the molecule is O=C(Cc1cccc2ccccc12)N1CCC(c2ccccc2Cl)S(=O)(=O)CC1. The van der Waals surface area contributed by atoms with E-state index in [4.69, 9.17) is 11.6 Å². The summed E-state index contributed by atoms with van der Waals surface area (Å²) in [6.07, 6.45) is 0.617. The van der Waals surface area contributed by atoms with Crippen LogP contribution >= 0.6 is 11.6 Å². The standard InChI is InChI=1S/C23H22ClNO3S/c24-21-11-4-3-10-20(21)22-12-13-25(14-15-29(22,27)28)23(26)16-18-8-5-7-17-6-1-2-9-19(17)18/h1-11,22H,12-16H2. The number of carbonyl (C=O) groups is 1. The second kappa shape index (κ2) is 8.17. The summed E-state index contributed by atoms with van der Waals surface area (Å²) >= 11 is 6.25. The molecule has 1 amide bonds. The van der Waals surface area contributed by atoms with Gasteiger partial charge >= 0.3 is 0 Å². The van der Waals surface area contributed by atoms with E-state index in [1.165, 1.54) is 0 Å². The lowest BCUT2D eigenvalue weighted by Crippen LogP contribution is -2.34. The zero-order valence-corrected chi connectivity index (χ0v) is 17.5. The van der Waals surface area contributed by atoms with Crippen LogP contribution in [0.1, 0.15) is 22.8 Å². The van der Waals surface area contributed by atoms with Gasteiger partial charge in [0.25, 0.3) is 0 Å². The van der Waals surface area contributed by atoms with E-state index in [1.54, 1.807) is 29.2 Å². The molecule has 1 fully saturated rings. The molecular formula is C23H22ClNO3S. The fourth-order valence-corrected chi connectivity index (χ4v) is 6.15. The van der Waals surface area contributed by atoms with Gasteiger partial charge in [-0.25, -0.2) is 8.42 Å². The van der Waals surface area contributed by atoms with Crippen molar-refractivity contribution in [2.45, 2.75) is 18.1 Å². The van der Waals surface area contributed by atoms with Gasteiger partial charge in [0.1, 0.15) is 0 Å². The van der Waals surface area contributed by atoms with Crippen LogP contribution in [0.25, 0.3) is 10.8 Å². The third kappa shape index (κ3) is 4.16. The maximum absolute atomic E-state index is 13.0. The van der Waals surface area contributed by atoms with Crippen molar-refractivity contribution in [3.63, 3.8) is 0 Å². The zero-order chi connectivity index (χ0) is 20.4. The molecule has 0 aliphatic carbocycles. The van der Waals surface area contributed by atoms with Gasteiger partial charge in [-0.3, -0.25) is 4.79 Å². The maximum atomic E-state index is 13.0. The normalized spacial score (nSPS) is 19.1. The molecule has 4 nitrogen and oxygen atoms in total. The molecule has 4 rings (SSSR count). The Morgan fingerprint density at radius 3 is 2.52 bits per heavy atom. The highest BCUT2D eigenvalue weighted by Crippen LogP contribution is 2.34. The Morgan fingerprint density at radius 1 is 0.966 bits per heavy atom. The summed E-state index contributed by atoms with van der Waals surface area (Å²) in [5.41, 5.74) is 1.58. The Labute approximate surface area is 176 Å². The molecule has 3 aromatic rings. The zero-order valence-electron chi connectivity index (χ0n) is 15.9. The Hall–Kier alpha value is -2.37. The quantitative estimate of drug-likeness (QED) is 0.621. The molecule has 0 bridgehead atoms. The number of hydrogen-bond donors (Lipinski definition) is 0. The first kappa shape index (κ1) is 19.9. The molecular weight excluding hydrogens is 406 g/mol. The largest absolute Gasteiger partial charge is 0.341 e. The minimum absolute atomic E-state index is 0.0450. The molecule has 1 aliphatic rings. The van der Waals surface area contributed by atoms with Crippen LogP contribution in [-0.4, -0.2) is 38.1 Å². The summed E-state index contributed by atoms with van der Waals surface area (Å²) in [4.78, 5) is 14.7. The first-order valence-electron chi connectivity index (χ1n) is 9.66. The van der Waals surface area contributed by atoms with Crippen LogP contribution in [0, 0.1) is 0 Å². The fraction of sp³-hybridized carbons (Fsp3) is 0.261. The molecule has 150 valence electrons. The third-order valence-electron chi connectivity index (χ3n) is 5.57. The molecule has 0 radical (unpaired) electrons. The van der Waals surface area contributed by atoms with Gasteiger partial charge in [0.2, 0.25) is 5.91 Å². The van der Waals surface area contributed by atoms with Crippen LogP contribution in [0.2, 0.25) is 5.02 Å². The van der Waals surface area contributed by atoms with E-state index >= 15 is 0 Å². The molecule has 0 aromatic heterocycles. The summed E-state index contributed by atoms with van der Waals surface area (Å²) in [6, 6.07) is 21.0. The van der Waals surface area contributed by atoms with E-state index in [0.29, 0.717) is 23.6 Å². The van der Waals surface area contributed by atoms with Crippen LogP contribution in [0.3, 0.4) is 0 Å². The monoisotopic (exact) mass is 427 g/mol. The van der Waals surface area contributed by atoms with Crippen molar-refractivity contribution >= 4 is 38.1 Å². The van der Waals surface area contributed by atoms with Crippen molar-refractivity contribution in [1.82, 2.24) is 4.90 Å². The third-order valence-corrected chi connectivity index (χ3v) is 8.02. The summed E-state index contributed by atoms with van der Waals surface area (Å²) < 4.78 is 25.7. The second-order valence-electron chi connectivity index (χ2n) is 7.36. The first-order valence-corrected chi connectivity index (χ1v) is 11.8. The topological polar surface area (TPSA) is 54.5 Å². The molecule has 1 atom stereocenters. The molecule has 3 aromatic carbocycles. The van der Waals surface area contributed by atoms with Crippen molar-refractivity contribution in [2.24, 2.45) is 0 Å². The number of amides is 1. The summed E-state index contributed by atoms with van der Waals surface area (Å²) in [6.45, 7) is 0.617. The van der Waals surface area contributed by atoms with Gasteiger partial charge in [-0.05, 0) is 34.4 Å². The van der Waals surface area contributed by atoms with Gasteiger partial charge < -0.3 is 4.90 Å². The summed E-state index contributed by atoms with van der Waals surface area (Å²) in [7, 11) is -3.39. The van der Waals surface area contributed by atoms with Crippen LogP contribution in [0.5, 0.6) is 0 Å². The molecule has 1 heterocycles. The van der Waals surface area contributed by atoms with Gasteiger partial charge in [0.05, 0.1) is 17.4 Å². The Balaban J connectivity index is 1.55. The number of fused-ring (bicyclic) bond motifs is 1. The number of sulfone groups is 1. The van der Waals surface area contributed by atoms with Crippen LogP contribution in [0.4, 0.5) is 0 Å². The van der Waals surface area contributed by atoms with E-state index in [1.807, 2.05) is 42.5 Å². The molecule has 1 unspecified atom stereocenters. The van der Waals surface area contributed by atoms with Crippen molar-refractivity contribution in [3.05, 3.63) is 82.9 Å². The first-order chi connectivity index (χ1) is 14.0. The Kier molecular flexibility index (Phi) is 5.61. The molecule has 29 heavy (non-hydrogen) atoms. The number of benzene rings is 3. The van der Waals surface area contributed by atoms with Gasteiger partial charge in [-0.1, -0.05) is 72.3 Å². The van der Waals surface area contributed by atoms with Gasteiger partial charge in [-0.2, -0.15) is 0 Å². The minimum atomic E-state index is -3.39. The molecule has 0 spiro atoms. The average Bonchev–Trinajstić information content (AvgIpc) is 2.87. The van der Waals surface area contributed by atoms with E-state index in [9.17, 15) is 13.2 Å². The van der Waals surface area contributed by atoms with Crippen LogP contribution < -0.4 is 0 Å². The number of hydrogen-bond acceptors (Lipinski definition) is 3. The van der Waals surface area contributed by atoms with E-state index in [-0.39, 0.29) is 24.6 Å². The van der Waals surface area contributed by atoms with E-state index in [2.05, 4.69) is 0 Å². The van der Waals surface area contributed by atoms with Gasteiger partial charge in [0, 0.05) is 18.1 Å². The molecule has 1 aliphatic heterocycles. The van der Waals surface area contributed by atoms with Gasteiger partial charge in [-0.15, -0.1) is 0 Å². The average molecular weight is 428 g/mol. The van der Waals surface area contributed by atoms with Gasteiger partial charge in [0.15, 0.2) is 9.84 Å².